The van der Waals surface area contributed by atoms with E-state index in [0.29, 0.717) is 11.2 Å². The highest BCUT2D eigenvalue weighted by atomic mass is 16.5. The van der Waals surface area contributed by atoms with Crippen molar-refractivity contribution in [2.24, 2.45) is 0 Å². The van der Waals surface area contributed by atoms with E-state index >= 15 is 0 Å². The van der Waals surface area contributed by atoms with Gasteiger partial charge in [-0.05, 0) is 30.3 Å². The first-order valence-corrected chi connectivity index (χ1v) is 8.13. The number of nitrogens with zero attached hydrogens (tertiary/aromatic N) is 6. The first-order chi connectivity index (χ1) is 13.0. The molecule has 0 fully saturated rings. The molecule has 9 heteroatoms. The fourth-order valence-electron chi connectivity index (χ4n) is 2.86. The Labute approximate surface area is 153 Å². The third-order valence-corrected chi connectivity index (χ3v) is 4.31. The Balaban J connectivity index is 1.89. The molecule has 0 unspecified atom stereocenters. The second-order valence-corrected chi connectivity index (χ2v) is 6.12. The molecule has 0 N–H and O–H groups in total. The topological polar surface area (TPSA) is 94.6 Å². The number of carbonyl (C=O) groups is 1. The minimum absolute atomic E-state index is 0.154. The minimum atomic E-state index is -0.562. The lowest BCUT2D eigenvalue weighted by atomic mass is 10.2. The highest BCUT2D eigenvalue weighted by Crippen LogP contribution is 2.17. The largest absolute Gasteiger partial charge is 0.465 e. The van der Waals surface area contributed by atoms with Gasteiger partial charge in [-0.1, -0.05) is 0 Å². The second kappa shape index (κ2) is 6.20. The summed E-state index contributed by atoms with van der Waals surface area (Å²) in [5.74, 6) is -0.562. The lowest BCUT2D eigenvalue weighted by Gasteiger charge is -2.13. The van der Waals surface area contributed by atoms with Gasteiger partial charge in [0.15, 0.2) is 11.2 Å². The average Bonchev–Trinajstić information content (AvgIpc) is 3.12. The third-order valence-electron chi connectivity index (χ3n) is 4.31. The van der Waals surface area contributed by atoms with Crippen molar-refractivity contribution in [2.75, 3.05) is 26.1 Å². The normalized spacial score (nSPS) is 11.1. The number of carbonyl (C=O) groups excluding carboxylic acids is 1. The highest BCUT2D eigenvalue weighted by molar-refractivity contribution is 5.96. The molecule has 4 rings (SSSR count). The lowest BCUT2D eigenvalue weighted by Crippen LogP contribution is -2.20. The van der Waals surface area contributed by atoms with E-state index in [1.165, 1.54) is 22.4 Å². The van der Waals surface area contributed by atoms with Crippen LogP contribution in [0.3, 0.4) is 0 Å². The van der Waals surface area contributed by atoms with Crippen LogP contribution in [0.2, 0.25) is 0 Å². The summed E-state index contributed by atoms with van der Waals surface area (Å²) in [6, 6.07) is 9.29. The number of rotatable bonds is 3. The third kappa shape index (κ3) is 2.60. The molecule has 0 aliphatic rings. The van der Waals surface area contributed by atoms with Crippen LogP contribution in [0.4, 0.5) is 5.69 Å². The SMILES string of the molecule is COC(=O)c1cnn2c1nnc1c(=O)n(-c3ccc(N(C)C)cc3)ccc12. The predicted molar refractivity (Wildman–Crippen MR) is 99.6 cm³/mol. The van der Waals surface area contributed by atoms with Gasteiger partial charge < -0.3 is 9.64 Å². The van der Waals surface area contributed by atoms with Crippen molar-refractivity contribution in [3.8, 4) is 5.69 Å². The van der Waals surface area contributed by atoms with Gasteiger partial charge in [-0.25, -0.2) is 9.31 Å². The van der Waals surface area contributed by atoms with Crippen molar-refractivity contribution in [3.05, 3.63) is 58.6 Å². The summed E-state index contributed by atoms with van der Waals surface area (Å²) in [6.07, 6.45) is 3.00. The van der Waals surface area contributed by atoms with Crippen molar-refractivity contribution >= 4 is 28.3 Å². The Hall–Kier alpha value is -3.75. The van der Waals surface area contributed by atoms with E-state index in [1.54, 1.807) is 12.3 Å². The summed E-state index contributed by atoms with van der Waals surface area (Å²) in [4.78, 5) is 26.7. The molecule has 0 amide bonds. The van der Waals surface area contributed by atoms with E-state index in [-0.39, 0.29) is 22.3 Å². The summed E-state index contributed by atoms with van der Waals surface area (Å²) in [7, 11) is 5.18. The zero-order valence-corrected chi connectivity index (χ0v) is 14.9. The number of benzene rings is 1. The fourth-order valence-corrected chi connectivity index (χ4v) is 2.86. The number of ether oxygens (including phenoxy) is 1. The van der Waals surface area contributed by atoms with Crippen molar-refractivity contribution in [1.29, 1.82) is 0 Å². The monoisotopic (exact) mass is 364 g/mol. The van der Waals surface area contributed by atoms with Crippen LogP contribution in [-0.4, -0.2) is 51.6 Å². The molecule has 0 radical (unpaired) electrons. The Morgan fingerprint density at radius 2 is 1.85 bits per heavy atom. The molecule has 0 spiro atoms. The van der Waals surface area contributed by atoms with Crippen LogP contribution in [0.15, 0.2) is 47.5 Å². The van der Waals surface area contributed by atoms with Gasteiger partial charge in [0, 0.05) is 31.7 Å². The number of hydrogen-bond donors (Lipinski definition) is 0. The maximum Gasteiger partial charge on any atom is 0.343 e. The summed E-state index contributed by atoms with van der Waals surface area (Å²) in [5, 5.41) is 12.2. The lowest BCUT2D eigenvalue weighted by molar-refractivity contribution is 0.0602. The van der Waals surface area contributed by atoms with Crippen molar-refractivity contribution in [1.82, 2.24) is 24.4 Å². The second-order valence-electron chi connectivity index (χ2n) is 6.12. The molecule has 1 aromatic carbocycles. The highest BCUT2D eigenvalue weighted by Gasteiger charge is 2.18. The van der Waals surface area contributed by atoms with E-state index in [0.717, 1.165) is 5.69 Å². The predicted octanol–water partition coefficient (Wildman–Crippen LogP) is 1.28. The molecular weight excluding hydrogens is 348 g/mol. The number of fused-ring (bicyclic) bond motifs is 3. The molecule has 3 aromatic heterocycles. The number of hydrogen-bond acceptors (Lipinski definition) is 7. The summed E-state index contributed by atoms with van der Waals surface area (Å²) in [6.45, 7) is 0. The smallest absolute Gasteiger partial charge is 0.343 e. The van der Waals surface area contributed by atoms with Gasteiger partial charge in [-0.3, -0.25) is 9.36 Å². The minimum Gasteiger partial charge on any atom is -0.465 e. The van der Waals surface area contributed by atoms with Crippen LogP contribution in [0.1, 0.15) is 10.4 Å². The van der Waals surface area contributed by atoms with Gasteiger partial charge in [0.2, 0.25) is 0 Å². The van der Waals surface area contributed by atoms with E-state index in [9.17, 15) is 9.59 Å². The Morgan fingerprint density at radius 3 is 2.52 bits per heavy atom. The summed E-state index contributed by atoms with van der Waals surface area (Å²) in [5.41, 5.74) is 2.46. The molecule has 27 heavy (non-hydrogen) atoms. The van der Waals surface area contributed by atoms with Crippen molar-refractivity contribution in [2.45, 2.75) is 0 Å². The number of methoxy groups -OCH3 is 1. The molecule has 0 saturated carbocycles. The number of anilines is 1. The molecular formula is C18H16N6O3. The van der Waals surface area contributed by atoms with Gasteiger partial charge >= 0.3 is 5.97 Å². The Morgan fingerprint density at radius 1 is 1.11 bits per heavy atom. The first-order valence-electron chi connectivity index (χ1n) is 8.13. The molecule has 0 bridgehead atoms. The van der Waals surface area contributed by atoms with Gasteiger partial charge in [0.1, 0.15) is 11.1 Å². The van der Waals surface area contributed by atoms with Crippen molar-refractivity contribution in [3.63, 3.8) is 0 Å². The van der Waals surface area contributed by atoms with Crippen molar-refractivity contribution < 1.29 is 9.53 Å². The number of esters is 1. The zero-order chi connectivity index (χ0) is 19.1. The molecule has 0 aliphatic heterocycles. The Bertz CT molecular complexity index is 1220. The van der Waals surface area contributed by atoms with E-state index in [1.807, 2.05) is 43.3 Å². The molecule has 3 heterocycles. The number of aromatic nitrogens is 5. The van der Waals surface area contributed by atoms with Crippen LogP contribution in [0.5, 0.6) is 0 Å². The van der Waals surface area contributed by atoms with E-state index < -0.39 is 5.97 Å². The molecule has 136 valence electrons. The van der Waals surface area contributed by atoms with Crippen LogP contribution in [-0.2, 0) is 4.74 Å². The van der Waals surface area contributed by atoms with E-state index in [2.05, 4.69) is 15.3 Å². The van der Waals surface area contributed by atoms with Gasteiger partial charge in [-0.2, -0.15) is 5.10 Å². The first kappa shape index (κ1) is 16.7. The van der Waals surface area contributed by atoms with Gasteiger partial charge in [-0.15, -0.1) is 10.2 Å². The average molecular weight is 364 g/mol. The molecule has 0 aliphatic carbocycles. The standard InChI is InChI=1S/C18H16N6O3/c1-22(2)11-4-6-12(7-5-11)23-9-8-14-15(17(23)25)20-21-16-13(18(26)27-3)10-19-24(14)16/h4-10H,1-3H3. The molecule has 9 nitrogen and oxygen atoms in total. The molecule has 4 aromatic rings. The summed E-state index contributed by atoms with van der Waals surface area (Å²) >= 11 is 0. The maximum atomic E-state index is 12.9. The van der Waals surface area contributed by atoms with Gasteiger partial charge in [0.05, 0.1) is 13.3 Å². The number of pyridine rings is 1. The van der Waals surface area contributed by atoms with Crippen LogP contribution in [0.25, 0.3) is 22.4 Å². The maximum absolute atomic E-state index is 12.9. The fraction of sp³-hybridized carbons (Fsp3) is 0.167. The zero-order valence-electron chi connectivity index (χ0n) is 14.9. The quantitative estimate of drug-likeness (QED) is 0.505. The molecule has 0 saturated heterocycles. The van der Waals surface area contributed by atoms with Gasteiger partial charge in [0.25, 0.3) is 5.56 Å². The van der Waals surface area contributed by atoms with Crippen LogP contribution >= 0.6 is 0 Å². The molecule has 0 atom stereocenters. The van der Waals surface area contributed by atoms with Crippen LogP contribution in [0, 0.1) is 0 Å². The Kier molecular flexibility index (Phi) is 3.84. The van der Waals surface area contributed by atoms with E-state index in [4.69, 9.17) is 4.74 Å². The van der Waals surface area contributed by atoms with Crippen LogP contribution < -0.4 is 10.5 Å². The summed E-state index contributed by atoms with van der Waals surface area (Å²) < 4.78 is 7.62.